The summed E-state index contributed by atoms with van der Waals surface area (Å²) in [6.07, 6.45) is 0. The summed E-state index contributed by atoms with van der Waals surface area (Å²) < 4.78 is 12.7. The Hall–Kier alpha value is -2.34. The average molecular weight is 399 g/mol. The number of carbonyl (C=O) groups is 1. The second-order valence-electron chi connectivity index (χ2n) is 6.85. The molecule has 1 fully saturated rings. The fourth-order valence-corrected chi connectivity index (χ4v) is 4.02. The number of morpholine rings is 1. The summed E-state index contributed by atoms with van der Waals surface area (Å²) in [5, 5.41) is 1.38. The smallest absolute Gasteiger partial charge is 0.196 e. The van der Waals surface area contributed by atoms with Gasteiger partial charge in [0.05, 0.1) is 25.9 Å². The van der Waals surface area contributed by atoms with Crippen molar-refractivity contribution < 1.29 is 14.3 Å². The molecule has 5 nitrogen and oxygen atoms in total. The summed E-state index contributed by atoms with van der Waals surface area (Å²) in [7, 11) is 1.61. The summed E-state index contributed by atoms with van der Waals surface area (Å²) in [4.78, 5) is 15.6. The molecule has 0 spiro atoms. The largest absolute Gasteiger partial charge is 0.497 e. The van der Waals surface area contributed by atoms with Gasteiger partial charge in [-0.25, -0.2) is 0 Å². The first-order chi connectivity index (χ1) is 13.7. The predicted molar refractivity (Wildman–Crippen MR) is 111 cm³/mol. The van der Waals surface area contributed by atoms with Crippen molar-refractivity contribution in [3.05, 3.63) is 64.8 Å². The maximum atomic E-state index is 13.2. The molecule has 146 valence electrons. The molecule has 1 aromatic heterocycles. The Morgan fingerprint density at radius 3 is 2.50 bits per heavy atom. The van der Waals surface area contributed by atoms with Crippen LogP contribution in [0.5, 0.6) is 5.75 Å². The highest BCUT2D eigenvalue weighted by Gasteiger charge is 2.23. The van der Waals surface area contributed by atoms with Gasteiger partial charge in [0.1, 0.15) is 10.9 Å². The molecule has 0 radical (unpaired) electrons. The summed E-state index contributed by atoms with van der Waals surface area (Å²) in [6.45, 7) is 4.98. The number of hydrogen-bond donors (Lipinski definition) is 0. The van der Waals surface area contributed by atoms with Gasteiger partial charge in [0.2, 0.25) is 0 Å². The van der Waals surface area contributed by atoms with Gasteiger partial charge in [-0.05, 0) is 30.3 Å². The van der Waals surface area contributed by atoms with Crippen LogP contribution in [0.15, 0.2) is 48.5 Å². The van der Waals surface area contributed by atoms with E-state index in [9.17, 15) is 4.79 Å². The molecule has 1 aliphatic rings. The van der Waals surface area contributed by atoms with Crippen molar-refractivity contribution in [2.75, 3.05) is 40.0 Å². The molecule has 4 rings (SSSR count). The first-order valence-electron chi connectivity index (χ1n) is 9.44. The molecule has 1 saturated heterocycles. The standard InChI is InChI=1S/C22H23ClN2O3/c1-27-17-8-6-16(7-9-17)21(26)20-18-4-2-3-5-19(18)25(22(20)23)11-10-24-12-14-28-15-13-24/h2-9H,10-15H2,1H3. The Kier molecular flexibility index (Phi) is 5.67. The lowest BCUT2D eigenvalue weighted by Crippen LogP contribution is -2.38. The van der Waals surface area contributed by atoms with Crippen molar-refractivity contribution in [2.45, 2.75) is 6.54 Å². The second-order valence-corrected chi connectivity index (χ2v) is 7.20. The number of ether oxygens (including phenoxy) is 2. The number of methoxy groups -OCH3 is 1. The molecule has 6 heteroatoms. The van der Waals surface area contributed by atoms with E-state index >= 15 is 0 Å². The van der Waals surface area contributed by atoms with E-state index in [0.717, 1.165) is 56.0 Å². The average Bonchev–Trinajstić information content (AvgIpc) is 3.03. The van der Waals surface area contributed by atoms with E-state index < -0.39 is 0 Å². The van der Waals surface area contributed by atoms with Crippen LogP contribution in [-0.2, 0) is 11.3 Å². The zero-order valence-electron chi connectivity index (χ0n) is 15.9. The minimum absolute atomic E-state index is 0.0750. The molecule has 0 atom stereocenters. The number of halogens is 1. The molecule has 3 aromatic rings. The number of fused-ring (bicyclic) bond motifs is 1. The van der Waals surface area contributed by atoms with Crippen molar-refractivity contribution >= 4 is 28.3 Å². The van der Waals surface area contributed by atoms with Gasteiger partial charge >= 0.3 is 0 Å². The molecule has 0 amide bonds. The van der Waals surface area contributed by atoms with Crippen molar-refractivity contribution in [1.29, 1.82) is 0 Å². The predicted octanol–water partition coefficient (Wildman–Crippen LogP) is 3.87. The van der Waals surface area contributed by atoms with E-state index in [2.05, 4.69) is 4.90 Å². The Labute approximate surface area is 169 Å². The lowest BCUT2D eigenvalue weighted by Gasteiger charge is -2.26. The molecular formula is C22H23ClN2O3. The zero-order chi connectivity index (χ0) is 19.5. The number of rotatable bonds is 6. The van der Waals surface area contributed by atoms with Crippen LogP contribution in [0.25, 0.3) is 10.9 Å². The van der Waals surface area contributed by atoms with Crippen LogP contribution in [0.1, 0.15) is 15.9 Å². The van der Waals surface area contributed by atoms with E-state index in [1.54, 1.807) is 31.4 Å². The molecule has 2 heterocycles. The Balaban J connectivity index is 1.67. The number of benzene rings is 2. The molecule has 0 aliphatic carbocycles. The maximum absolute atomic E-state index is 13.2. The lowest BCUT2D eigenvalue weighted by molar-refractivity contribution is 0.0365. The Morgan fingerprint density at radius 2 is 1.79 bits per heavy atom. The molecule has 0 saturated carbocycles. The number of carbonyl (C=O) groups excluding carboxylic acids is 1. The number of aromatic nitrogens is 1. The van der Waals surface area contributed by atoms with Crippen LogP contribution in [0, 0.1) is 0 Å². The van der Waals surface area contributed by atoms with Crippen molar-refractivity contribution in [1.82, 2.24) is 9.47 Å². The molecule has 28 heavy (non-hydrogen) atoms. The highest BCUT2D eigenvalue weighted by Crippen LogP contribution is 2.32. The van der Waals surface area contributed by atoms with Crippen molar-refractivity contribution in [2.24, 2.45) is 0 Å². The summed E-state index contributed by atoms with van der Waals surface area (Å²) in [5.41, 5.74) is 2.14. The van der Waals surface area contributed by atoms with Gasteiger partial charge in [0, 0.05) is 42.6 Å². The fraction of sp³-hybridized carbons (Fsp3) is 0.318. The van der Waals surface area contributed by atoms with E-state index in [-0.39, 0.29) is 5.78 Å². The van der Waals surface area contributed by atoms with E-state index in [4.69, 9.17) is 21.1 Å². The Morgan fingerprint density at radius 1 is 1.07 bits per heavy atom. The third-order valence-electron chi connectivity index (χ3n) is 5.23. The monoisotopic (exact) mass is 398 g/mol. The normalized spacial score (nSPS) is 15.1. The number of ketones is 1. The maximum Gasteiger partial charge on any atom is 0.196 e. The van der Waals surface area contributed by atoms with Gasteiger partial charge in [-0.15, -0.1) is 0 Å². The molecular weight excluding hydrogens is 376 g/mol. The van der Waals surface area contributed by atoms with Crippen LogP contribution in [-0.4, -0.2) is 55.2 Å². The van der Waals surface area contributed by atoms with Gasteiger partial charge < -0.3 is 14.0 Å². The molecule has 2 aromatic carbocycles. The van der Waals surface area contributed by atoms with Gasteiger partial charge in [-0.1, -0.05) is 29.8 Å². The van der Waals surface area contributed by atoms with Crippen LogP contribution < -0.4 is 4.74 Å². The SMILES string of the molecule is COc1ccc(C(=O)c2c(Cl)n(CCN3CCOCC3)c3ccccc23)cc1. The molecule has 0 unspecified atom stereocenters. The first-order valence-corrected chi connectivity index (χ1v) is 9.82. The van der Waals surface area contributed by atoms with Crippen molar-refractivity contribution in [3.8, 4) is 5.75 Å². The first kappa shape index (κ1) is 19.0. The van der Waals surface area contributed by atoms with E-state index in [1.807, 2.05) is 28.8 Å². The Bertz CT molecular complexity index is 975. The zero-order valence-corrected chi connectivity index (χ0v) is 16.6. The minimum Gasteiger partial charge on any atom is -0.497 e. The van der Waals surface area contributed by atoms with Crippen molar-refractivity contribution in [3.63, 3.8) is 0 Å². The van der Waals surface area contributed by atoms with Crippen LogP contribution >= 0.6 is 11.6 Å². The van der Waals surface area contributed by atoms with Gasteiger partial charge in [0.25, 0.3) is 0 Å². The van der Waals surface area contributed by atoms with Crippen LogP contribution in [0.4, 0.5) is 0 Å². The molecule has 1 aliphatic heterocycles. The van der Waals surface area contributed by atoms with E-state index in [1.165, 1.54) is 0 Å². The quantitative estimate of drug-likeness (QED) is 0.591. The van der Waals surface area contributed by atoms with E-state index in [0.29, 0.717) is 16.3 Å². The van der Waals surface area contributed by atoms with Gasteiger partial charge in [-0.2, -0.15) is 0 Å². The van der Waals surface area contributed by atoms with Crippen LogP contribution in [0.3, 0.4) is 0 Å². The molecule has 0 N–H and O–H groups in total. The number of para-hydroxylation sites is 1. The fourth-order valence-electron chi connectivity index (χ4n) is 3.66. The third kappa shape index (κ3) is 3.65. The van der Waals surface area contributed by atoms with Gasteiger partial charge in [-0.3, -0.25) is 9.69 Å². The second kappa shape index (κ2) is 8.35. The van der Waals surface area contributed by atoms with Gasteiger partial charge in [0.15, 0.2) is 5.78 Å². The van der Waals surface area contributed by atoms with Crippen LogP contribution in [0.2, 0.25) is 5.15 Å². The topological polar surface area (TPSA) is 43.7 Å². The third-order valence-corrected chi connectivity index (χ3v) is 5.62. The summed E-state index contributed by atoms with van der Waals surface area (Å²) in [6, 6.07) is 15.0. The summed E-state index contributed by atoms with van der Waals surface area (Å²) in [5.74, 6) is 0.643. The highest BCUT2D eigenvalue weighted by molar-refractivity contribution is 6.37. The number of hydrogen-bond acceptors (Lipinski definition) is 4. The number of nitrogens with zero attached hydrogens (tertiary/aromatic N) is 2. The minimum atomic E-state index is -0.0750. The molecule has 0 bridgehead atoms. The summed E-state index contributed by atoms with van der Waals surface area (Å²) >= 11 is 6.75. The lowest BCUT2D eigenvalue weighted by atomic mass is 10.0. The highest BCUT2D eigenvalue weighted by atomic mass is 35.5.